The first-order valence-electron chi connectivity index (χ1n) is 9.17. The first-order valence-corrected chi connectivity index (χ1v) is 11.0. The summed E-state index contributed by atoms with van der Waals surface area (Å²) in [4.78, 5) is 12.7. The summed E-state index contributed by atoms with van der Waals surface area (Å²) >= 11 is 0. The van der Waals surface area contributed by atoms with Crippen LogP contribution in [0.25, 0.3) is 0 Å². The van der Waals surface area contributed by atoms with Crippen LogP contribution in [0.2, 0.25) is 0 Å². The van der Waals surface area contributed by atoms with Gasteiger partial charge in [-0.3, -0.25) is 9.48 Å². The Hall–Kier alpha value is -1.37. The molecule has 6 nitrogen and oxygen atoms in total. The molecule has 0 unspecified atom stereocenters. The van der Waals surface area contributed by atoms with E-state index in [1.54, 1.807) is 4.68 Å². The molecule has 0 bridgehead atoms. The number of carbonyl (C=O) groups excluding carboxylic acids is 1. The molecule has 0 spiro atoms. The first kappa shape index (κ1) is 19.9. The monoisotopic (exact) mass is 369 g/mol. The number of hydrogen-bond acceptors (Lipinski definition) is 4. The second-order valence-corrected chi connectivity index (χ2v) is 9.98. The molecule has 25 heavy (non-hydrogen) atoms. The van der Waals surface area contributed by atoms with Crippen molar-refractivity contribution in [2.45, 2.75) is 72.4 Å². The molecule has 1 N–H and O–H groups in total. The normalized spacial score (nSPS) is 20.8. The minimum Gasteiger partial charge on any atom is -0.349 e. The summed E-state index contributed by atoms with van der Waals surface area (Å²) in [6.07, 6.45) is 3.77. The predicted octanol–water partition coefficient (Wildman–Crippen LogP) is 2.80. The number of aromatic nitrogens is 2. The van der Waals surface area contributed by atoms with E-state index >= 15 is 0 Å². The zero-order valence-corrected chi connectivity index (χ0v) is 16.8. The van der Waals surface area contributed by atoms with E-state index in [1.807, 2.05) is 20.8 Å². The Morgan fingerprint density at radius 1 is 1.28 bits per heavy atom. The highest BCUT2D eigenvalue weighted by Crippen LogP contribution is 2.26. The molecule has 1 aliphatic heterocycles. The maximum atomic E-state index is 12.7. The topological polar surface area (TPSA) is 81.1 Å². The lowest BCUT2D eigenvalue weighted by molar-refractivity contribution is 0.0936. The van der Waals surface area contributed by atoms with Crippen LogP contribution < -0.4 is 5.32 Å². The number of nitrogens with zero attached hydrogens (tertiary/aromatic N) is 2. The second kappa shape index (κ2) is 7.89. The molecule has 0 radical (unpaired) electrons. The summed E-state index contributed by atoms with van der Waals surface area (Å²) in [5, 5.41) is 7.52. The summed E-state index contributed by atoms with van der Waals surface area (Å²) in [6, 6.07) is -0.0472. The smallest absolute Gasteiger partial charge is 0.255 e. The molecule has 2 heterocycles. The van der Waals surface area contributed by atoms with Crippen molar-refractivity contribution in [2.75, 3.05) is 11.5 Å². The number of carbonyl (C=O) groups is 1. The van der Waals surface area contributed by atoms with Gasteiger partial charge in [-0.25, -0.2) is 8.42 Å². The average Bonchev–Trinajstić information content (AvgIpc) is 2.97. The highest BCUT2D eigenvalue weighted by molar-refractivity contribution is 7.91. The van der Waals surface area contributed by atoms with Gasteiger partial charge in [0.2, 0.25) is 0 Å². The number of nitrogens with one attached hydrogen (secondary N) is 1. The SMILES string of the molecule is Cc1nn([C@@H]2CCS(=O)(=O)C2)c(C)c1C(=O)N[C@H](C)CCCC(C)C. The largest absolute Gasteiger partial charge is 0.349 e. The fourth-order valence-corrected chi connectivity index (χ4v) is 5.21. The number of aryl methyl sites for hydroxylation is 1. The standard InChI is InChI=1S/C18H31N3O3S/c1-12(2)7-6-8-13(3)19-18(22)17-14(4)20-21(15(17)5)16-9-10-25(23,24)11-16/h12-13,16H,6-11H2,1-5H3,(H,19,22)/t13-,16-/m1/s1. The molecule has 2 atom stereocenters. The highest BCUT2D eigenvalue weighted by atomic mass is 32.2. The minimum atomic E-state index is -2.98. The molecule has 1 fully saturated rings. The van der Waals surface area contributed by atoms with Crippen LogP contribution in [0, 0.1) is 19.8 Å². The Bertz CT molecular complexity index is 722. The van der Waals surface area contributed by atoms with Gasteiger partial charge in [0, 0.05) is 11.7 Å². The summed E-state index contributed by atoms with van der Waals surface area (Å²) in [5.74, 6) is 0.874. The van der Waals surface area contributed by atoms with Crippen LogP contribution in [0.15, 0.2) is 0 Å². The van der Waals surface area contributed by atoms with E-state index in [0.717, 1.165) is 25.0 Å². The van der Waals surface area contributed by atoms with Crippen LogP contribution in [0.1, 0.15) is 74.2 Å². The van der Waals surface area contributed by atoms with Gasteiger partial charge in [0.05, 0.1) is 28.8 Å². The van der Waals surface area contributed by atoms with Crippen molar-refractivity contribution in [1.29, 1.82) is 0 Å². The molecule has 1 aromatic rings. The van der Waals surface area contributed by atoms with Crippen molar-refractivity contribution in [3.8, 4) is 0 Å². The van der Waals surface area contributed by atoms with Crippen LogP contribution in [-0.2, 0) is 9.84 Å². The molecule has 1 aliphatic rings. The van der Waals surface area contributed by atoms with Gasteiger partial charge in [-0.05, 0) is 39.5 Å². The van der Waals surface area contributed by atoms with Crippen molar-refractivity contribution in [1.82, 2.24) is 15.1 Å². The molecule has 142 valence electrons. The van der Waals surface area contributed by atoms with E-state index in [1.165, 1.54) is 0 Å². The molecule has 1 aromatic heterocycles. The third-order valence-corrected chi connectivity index (χ3v) is 6.65. The summed E-state index contributed by atoms with van der Waals surface area (Å²) in [7, 11) is -2.98. The van der Waals surface area contributed by atoms with Crippen molar-refractivity contribution >= 4 is 15.7 Å². The number of sulfone groups is 1. The molecule has 0 aromatic carbocycles. The molecular weight excluding hydrogens is 338 g/mol. The summed E-state index contributed by atoms with van der Waals surface area (Å²) < 4.78 is 25.2. The quantitative estimate of drug-likeness (QED) is 0.801. The maximum Gasteiger partial charge on any atom is 0.255 e. The minimum absolute atomic E-state index is 0.111. The van der Waals surface area contributed by atoms with Gasteiger partial charge in [-0.15, -0.1) is 0 Å². The van der Waals surface area contributed by atoms with Crippen LogP contribution in [-0.4, -0.2) is 41.7 Å². The molecular formula is C18H31N3O3S. The van der Waals surface area contributed by atoms with E-state index in [9.17, 15) is 13.2 Å². The van der Waals surface area contributed by atoms with Gasteiger partial charge in [0.25, 0.3) is 5.91 Å². The van der Waals surface area contributed by atoms with E-state index in [-0.39, 0.29) is 29.5 Å². The van der Waals surface area contributed by atoms with Crippen molar-refractivity contribution in [3.05, 3.63) is 17.0 Å². The fraction of sp³-hybridized carbons (Fsp3) is 0.778. The molecule has 0 saturated carbocycles. The lowest BCUT2D eigenvalue weighted by Gasteiger charge is -2.15. The fourth-order valence-electron chi connectivity index (χ4n) is 3.52. The summed E-state index contributed by atoms with van der Waals surface area (Å²) in [6.45, 7) is 10.1. The Labute approximate surface area is 151 Å². The predicted molar refractivity (Wildman–Crippen MR) is 99.6 cm³/mol. The Kier molecular flexibility index (Phi) is 6.30. The second-order valence-electron chi connectivity index (χ2n) is 7.75. The molecule has 1 amide bonds. The van der Waals surface area contributed by atoms with Crippen LogP contribution >= 0.6 is 0 Å². The van der Waals surface area contributed by atoms with Crippen LogP contribution in [0.3, 0.4) is 0 Å². The third kappa shape index (κ3) is 5.06. The van der Waals surface area contributed by atoms with Crippen LogP contribution in [0.5, 0.6) is 0 Å². The molecule has 2 rings (SSSR count). The van der Waals surface area contributed by atoms with Gasteiger partial charge < -0.3 is 5.32 Å². The first-order chi connectivity index (χ1) is 11.6. The van der Waals surface area contributed by atoms with Crippen LogP contribution in [0.4, 0.5) is 0 Å². The molecule has 0 aliphatic carbocycles. The lowest BCUT2D eigenvalue weighted by atomic mass is 10.0. The zero-order valence-electron chi connectivity index (χ0n) is 16.0. The van der Waals surface area contributed by atoms with Crippen molar-refractivity contribution in [2.24, 2.45) is 5.92 Å². The number of rotatable bonds is 7. The number of amides is 1. The van der Waals surface area contributed by atoms with Gasteiger partial charge >= 0.3 is 0 Å². The van der Waals surface area contributed by atoms with Gasteiger partial charge in [0.15, 0.2) is 9.84 Å². The van der Waals surface area contributed by atoms with Gasteiger partial charge in [-0.1, -0.05) is 26.7 Å². The summed E-state index contributed by atoms with van der Waals surface area (Å²) in [5.41, 5.74) is 2.00. The van der Waals surface area contributed by atoms with Gasteiger partial charge in [-0.2, -0.15) is 5.10 Å². The third-order valence-electron chi connectivity index (χ3n) is 4.90. The lowest BCUT2D eigenvalue weighted by Crippen LogP contribution is -2.33. The maximum absolute atomic E-state index is 12.7. The van der Waals surface area contributed by atoms with E-state index in [0.29, 0.717) is 23.6 Å². The average molecular weight is 370 g/mol. The van der Waals surface area contributed by atoms with E-state index < -0.39 is 9.84 Å². The van der Waals surface area contributed by atoms with Crippen molar-refractivity contribution in [3.63, 3.8) is 0 Å². The van der Waals surface area contributed by atoms with E-state index in [2.05, 4.69) is 24.3 Å². The molecule has 7 heteroatoms. The highest BCUT2D eigenvalue weighted by Gasteiger charge is 2.32. The van der Waals surface area contributed by atoms with Crippen molar-refractivity contribution < 1.29 is 13.2 Å². The zero-order chi connectivity index (χ0) is 18.8. The Morgan fingerprint density at radius 2 is 1.96 bits per heavy atom. The molecule has 1 saturated heterocycles. The van der Waals surface area contributed by atoms with E-state index in [4.69, 9.17) is 0 Å². The van der Waals surface area contributed by atoms with Gasteiger partial charge in [0.1, 0.15) is 0 Å². The Morgan fingerprint density at radius 3 is 2.52 bits per heavy atom. The Balaban J connectivity index is 2.05. The number of hydrogen-bond donors (Lipinski definition) is 1.